The van der Waals surface area contributed by atoms with E-state index in [2.05, 4.69) is 11.4 Å². The first-order valence-corrected chi connectivity index (χ1v) is 2.47. The monoisotopic (exact) mass is 96.1 g/mol. The summed E-state index contributed by atoms with van der Waals surface area (Å²) in [5.74, 6) is 0.278. The molecule has 0 aromatic rings. The highest BCUT2D eigenvalue weighted by Gasteiger charge is 2.24. The SMILES string of the molecule is C[C@H]1NC[C@@H]1C#N. The van der Waals surface area contributed by atoms with Gasteiger partial charge >= 0.3 is 0 Å². The molecule has 0 saturated carbocycles. The first kappa shape index (κ1) is 4.61. The highest BCUT2D eigenvalue weighted by Crippen LogP contribution is 2.09. The number of hydrogen-bond donors (Lipinski definition) is 1. The van der Waals surface area contributed by atoms with Crippen LogP contribution in [0.15, 0.2) is 0 Å². The molecule has 7 heavy (non-hydrogen) atoms. The minimum atomic E-state index is 0.278. The van der Waals surface area contributed by atoms with Crippen molar-refractivity contribution in [3.8, 4) is 6.07 Å². The second-order valence-corrected chi connectivity index (χ2v) is 1.93. The van der Waals surface area contributed by atoms with Crippen molar-refractivity contribution in [2.24, 2.45) is 5.92 Å². The van der Waals surface area contributed by atoms with Crippen LogP contribution in [-0.2, 0) is 0 Å². The van der Waals surface area contributed by atoms with Crippen LogP contribution < -0.4 is 5.32 Å². The van der Waals surface area contributed by atoms with Crippen LogP contribution in [-0.4, -0.2) is 12.6 Å². The summed E-state index contributed by atoms with van der Waals surface area (Å²) in [4.78, 5) is 0. The molecule has 1 saturated heterocycles. The molecule has 1 N–H and O–H groups in total. The van der Waals surface area contributed by atoms with Gasteiger partial charge in [-0.15, -0.1) is 0 Å². The molecule has 2 atom stereocenters. The zero-order valence-corrected chi connectivity index (χ0v) is 4.31. The summed E-state index contributed by atoms with van der Waals surface area (Å²) in [6.07, 6.45) is 0. The third kappa shape index (κ3) is 0.594. The minimum Gasteiger partial charge on any atom is -0.312 e. The maximum atomic E-state index is 8.27. The number of hydrogen-bond acceptors (Lipinski definition) is 2. The van der Waals surface area contributed by atoms with Crippen LogP contribution in [0.25, 0.3) is 0 Å². The van der Waals surface area contributed by atoms with Gasteiger partial charge in [-0.2, -0.15) is 5.26 Å². The van der Waals surface area contributed by atoms with E-state index in [0.29, 0.717) is 6.04 Å². The molecule has 0 radical (unpaired) electrons. The van der Waals surface area contributed by atoms with Gasteiger partial charge < -0.3 is 5.32 Å². The summed E-state index contributed by atoms with van der Waals surface area (Å²) in [5, 5.41) is 11.4. The summed E-state index contributed by atoms with van der Waals surface area (Å²) in [7, 11) is 0. The van der Waals surface area contributed by atoms with Crippen molar-refractivity contribution < 1.29 is 0 Å². The highest BCUT2D eigenvalue weighted by molar-refractivity contribution is 4.98. The van der Waals surface area contributed by atoms with Crippen LogP contribution in [0.5, 0.6) is 0 Å². The van der Waals surface area contributed by atoms with Gasteiger partial charge in [0.25, 0.3) is 0 Å². The Bertz CT molecular complexity index is 103. The van der Waals surface area contributed by atoms with Crippen molar-refractivity contribution in [2.45, 2.75) is 13.0 Å². The molecule has 0 amide bonds. The molecule has 2 nitrogen and oxygen atoms in total. The molecular formula is C5H8N2. The fraction of sp³-hybridized carbons (Fsp3) is 0.800. The average molecular weight is 96.1 g/mol. The van der Waals surface area contributed by atoms with E-state index < -0.39 is 0 Å². The van der Waals surface area contributed by atoms with E-state index >= 15 is 0 Å². The Morgan fingerprint density at radius 2 is 2.57 bits per heavy atom. The average Bonchev–Trinajstić information content (AvgIpc) is 1.65. The third-order valence-corrected chi connectivity index (χ3v) is 1.43. The largest absolute Gasteiger partial charge is 0.312 e. The Hall–Kier alpha value is -0.550. The molecule has 0 bridgehead atoms. The van der Waals surface area contributed by atoms with Crippen LogP contribution in [0.3, 0.4) is 0 Å². The Morgan fingerprint density at radius 1 is 1.86 bits per heavy atom. The van der Waals surface area contributed by atoms with E-state index in [-0.39, 0.29) is 5.92 Å². The minimum absolute atomic E-state index is 0.278. The van der Waals surface area contributed by atoms with Gasteiger partial charge in [-0.05, 0) is 6.92 Å². The lowest BCUT2D eigenvalue weighted by Crippen LogP contribution is -2.49. The van der Waals surface area contributed by atoms with Crippen molar-refractivity contribution >= 4 is 0 Å². The molecule has 0 aliphatic carbocycles. The van der Waals surface area contributed by atoms with E-state index in [1.807, 2.05) is 6.92 Å². The van der Waals surface area contributed by atoms with Crippen molar-refractivity contribution in [1.82, 2.24) is 5.32 Å². The summed E-state index contributed by atoms with van der Waals surface area (Å²) in [6.45, 7) is 2.91. The number of nitriles is 1. The fourth-order valence-corrected chi connectivity index (χ4v) is 0.629. The molecule has 38 valence electrons. The van der Waals surface area contributed by atoms with Crippen molar-refractivity contribution in [2.75, 3.05) is 6.54 Å². The standard InChI is InChI=1S/C5H8N2/c1-4-5(2-6)3-7-4/h4-5,7H,3H2,1H3/t4-,5+/m1/s1. The molecule has 0 aromatic carbocycles. The highest BCUT2D eigenvalue weighted by atomic mass is 15.0. The van der Waals surface area contributed by atoms with Crippen LogP contribution in [0, 0.1) is 17.2 Å². The molecule has 2 heteroatoms. The lowest BCUT2D eigenvalue weighted by Gasteiger charge is -2.29. The Balaban J connectivity index is 2.33. The Kier molecular flexibility index (Phi) is 0.994. The fourth-order valence-electron chi connectivity index (χ4n) is 0.629. The molecule has 1 rings (SSSR count). The summed E-state index contributed by atoms with van der Waals surface area (Å²) in [6, 6.07) is 2.62. The Labute approximate surface area is 43.1 Å². The summed E-state index contributed by atoms with van der Waals surface area (Å²) < 4.78 is 0. The normalized spacial score (nSPS) is 38.9. The first-order valence-electron chi connectivity index (χ1n) is 2.47. The predicted octanol–water partition coefficient (Wildman–Crippen LogP) is 0.118. The molecule has 0 aromatic heterocycles. The molecule has 1 heterocycles. The van der Waals surface area contributed by atoms with Crippen molar-refractivity contribution in [3.05, 3.63) is 0 Å². The van der Waals surface area contributed by atoms with Gasteiger partial charge in [0, 0.05) is 12.6 Å². The predicted molar refractivity (Wildman–Crippen MR) is 26.6 cm³/mol. The van der Waals surface area contributed by atoms with Crippen molar-refractivity contribution in [3.63, 3.8) is 0 Å². The van der Waals surface area contributed by atoms with Gasteiger partial charge in [-0.1, -0.05) is 0 Å². The smallest absolute Gasteiger partial charge is 0.0738 e. The Morgan fingerprint density at radius 3 is 2.57 bits per heavy atom. The molecule has 1 aliphatic rings. The molecule has 0 unspecified atom stereocenters. The van der Waals surface area contributed by atoms with Crippen LogP contribution in [0.1, 0.15) is 6.92 Å². The summed E-state index contributed by atoms with van der Waals surface area (Å²) >= 11 is 0. The van der Waals surface area contributed by atoms with E-state index in [0.717, 1.165) is 6.54 Å². The van der Waals surface area contributed by atoms with Crippen LogP contribution in [0.2, 0.25) is 0 Å². The van der Waals surface area contributed by atoms with Crippen LogP contribution in [0.4, 0.5) is 0 Å². The lowest BCUT2D eigenvalue weighted by molar-refractivity contribution is 0.315. The second-order valence-electron chi connectivity index (χ2n) is 1.93. The zero-order chi connectivity index (χ0) is 5.28. The number of nitrogens with one attached hydrogen (secondary N) is 1. The van der Waals surface area contributed by atoms with Crippen molar-refractivity contribution in [1.29, 1.82) is 5.26 Å². The first-order chi connectivity index (χ1) is 3.34. The van der Waals surface area contributed by atoms with Crippen LogP contribution >= 0.6 is 0 Å². The van der Waals surface area contributed by atoms with E-state index in [1.165, 1.54) is 0 Å². The quantitative estimate of drug-likeness (QED) is 0.465. The van der Waals surface area contributed by atoms with Gasteiger partial charge in [0.05, 0.1) is 12.0 Å². The van der Waals surface area contributed by atoms with Gasteiger partial charge in [0.1, 0.15) is 0 Å². The van der Waals surface area contributed by atoms with Gasteiger partial charge in [-0.3, -0.25) is 0 Å². The maximum absolute atomic E-state index is 8.27. The molecule has 0 spiro atoms. The van der Waals surface area contributed by atoms with Gasteiger partial charge in [0.2, 0.25) is 0 Å². The topological polar surface area (TPSA) is 35.8 Å². The number of nitrogens with zero attached hydrogens (tertiary/aromatic N) is 1. The number of rotatable bonds is 0. The molecule has 1 aliphatic heterocycles. The van der Waals surface area contributed by atoms with Gasteiger partial charge in [0.15, 0.2) is 0 Å². The van der Waals surface area contributed by atoms with E-state index in [9.17, 15) is 0 Å². The maximum Gasteiger partial charge on any atom is 0.0738 e. The third-order valence-electron chi connectivity index (χ3n) is 1.43. The molecule has 1 fully saturated rings. The molecular weight excluding hydrogens is 88.1 g/mol. The van der Waals surface area contributed by atoms with E-state index in [1.54, 1.807) is 0 Å². The second kappa shape index (κ2) is 1.51. The zero-order valence-electron chi connectivity index (χ0n) is 4.31. The summed E-state index contributed by atoms with van der Waals surface area (Å²) in [5.41, 5.74) is 0. The van der Waals surface area contributed by atoms with Gasteiger partial charge in [-0.25, -0.2) is 0 Å². The van der Waals surface area contributed by atoms with E-state index in [4.69, 9.17) is 5.26 Å². The lowest BCUT2D eigenvalue weighted by atomic mass is 9.95.